The van der Waals surface area contributed by atoms with Crippen molar-refractivity contribution in [3.8, 4) is 0 Å². The van der Waals surface area contributed by atoms with E-state index in [1.54, 1.807) is 42.6 Å². The molecule has 0 radical (unpaired) electrons. The number of hydrogen-bond acceptors (Lipinski definition) is 3. The van der Waals surface area contributed by atoms with Crippen LogP contribution in [0.4, 0.5) is 11.4 Å². The predicted octanol–water partition coefficient (Wildman–Crippen LogP) is 2.45. The van der Waals surface area contributed by atoms with E-state index in [9.17, 15) is 9.59 Å². The number of aromatic nitrogens is 1. The summed E-state index contributed by atoms with van der Waals surface area (Å²) in [5.74, 6) is -0.295. The Morgan fingerprint density at radius 1 is 1.25 bits per heavy atom. The molecule has 0 unspecified atom stereocenters. The van der Waals surface area contributed by atoms with Crippen molar-refractivity contribution in [3.63, 3.8) is 0 Å². The summed E-state index contributed by atoms with van der Waals surface area (Å²) in [6, 6.07) is 8.57. The van der Waals surface area contributed by atoms with Gasteiger partial charge in [0.05, 0.1) is 5.69 Å². The van der Waals surface area contributed by atoms with Crippen molar-refractivity contribution in [2.45, 2.75) is 6.92 Å². The van der Waals surface area contributed by atoms with Crippen molar-refractivity contribution in [3.05, 3.63) is 53.9 Å². The molecule has 0 spiro atoms. The third kappa shape index (κ3) is 3.58. The van der Waals surface area contributed by atoms with Gasteiger partial charge in [0.2, 0.25) is 5.91 Å². The first kappa shape index (κ1) is 13.6. The number of ketones is 1. The van der Waals surface area contributed by atoms with Crippen LogP contribution in [0.2, 0.25) is 0 Å². The molecular formula is C15H15N3O2. The number of anilines is 2. The Kier molecular flexibility index (Phi) is 4.00. The number of rotatable bonds is 4. The topological polar surface area (TPSA) is 88.0 Å². The molecule has 0 aliphatic carbocycles. The van der Waals surface area contributed by atoms with Gasteiger partial charge in [-0.15, -0.1) is 0 Å². The van der Waals surface area contributed by atoms with E-state index in [0.29, 0.717) is 17.1 Å². The van der Waals surface area contributed by atoms with Crippen molar-refractivity contribution in [2.75, 3.05) is 11.1 Å². The Morgan fingerprint density at radius 2 is 1.95 bits per heavy atom. The lowest BCUT2D eigenvalue weighted by atomic mass is 10.2. The molecular weight excluding hydrogens is 254 g/mol. The second-order valence-electron chi connectivity index (χ2n) is 4.35. The van der Waals surface area contributed by atoms with Gasteiger partial charge in [0.15, 0.2) is 5.78 Å². The van der Waals surface area contributed by atoms with E-state index < -0.39 is 0 Å². The second-order valence-corrected chi connectivity index (χ2v) is 4.35. The molecule has 5 heteroatoms. The summed E-state index contributed by atoms with van der Waals surface area (Å²) in [5.41, 5.74) is 8.16. The number of H-pyrrole nitrogens is 1. The van der Waals surface area contributed by atoms with Crippen LogP contribution in [0, 0.1) is 0 Å². The molecule has 0 fully saturated rings. The van der Waals surface area contributed by atoms with Crippen molar-refractivity contribution in [1.29, 1.82) is 0 Å². The first-order valence-electron chi connectivity index (χ1n) is 6.08. The van der Waals surface area contributed by atoms with Gasteiger partial charge in [0.25, 0.3) is 0 Å². The predicted molar refractivity (Wildman–Crippen MR) is 79.3 cm³/mol. The van der Waals surface area contributed by atoms with Crippen LogP contribution >= 0.6 is 0 Å². The second kappa shape index (κ2) is 5.88. The van der Waals surface area contributed by atoms with Gasteiger partial charge in [-0.3, -0.25) is 9.59 Å². The Hall–Kier alpha value is -2.82. The highest BCUT2D eigenvalue weighted by Gasteiger charge is 2.02. The van der Waals surface area contributed by atoms with E-state index in [-0.39, 0.29) is 11.7 Å². The van der Waals surface area contributed by atoms with Crippen LogP contribution in [0.3, 0.4) is 0 Å². The van der Waals surface area contributed by atoms with E-state index in [1.165, 1.54) is 13.0 Å². The standard InChI is InChI=1S/C15H15N3O2/c1-10(19)14-8-11(9-17-14)2-7-15(20)18-13-5-3-12(16)4-6-13/h2-9,17H,16H2,1H3,(H,18,20)/b7-2+. The summed E-state index contributed by atoms with van der Waals surface area (Å²) >= 11 is 0. The molecule has 102 valence electrons. The maximum Gasteiger partial charge on any atom is 0.248 e. The Labute approximate surface area is 116 Å². The van der Waals surface area contributed by atoms with Crippen LogP contribution in [0.15, 0.2) is 42.6 Å². The average molecular weight is 269 g/mol. The molecule has 0 aliphatic heterocycles. The largest absolute Gasteiger partial charge is 0.399 e. The number of nitrogens with one attached hydrogen (secondary N) is 2. The number of Topliss-reactive ketones (excluding diaryl/α,β-unsaturated/α-hetero) is 1. The number of benzene rings is 1. The molecule has 4 N–H and O–H groups in total. The molecule has 1 amide bonds. The molecule has 1 aromatic carbocycles. The molecule has 0 saturated carbocycles. The average Bonchev–Trinajstić information content (AvgIpc) is 2.88. The summed E-state index contributed by atoms with van der Waals surface area (Å²) in [7, 11) is 0. The number of carbonyl (C=O) groups is 2. The van der Waals surface area contributed by atoms with Gasteiger partial charge in [-0.1, -0.05) is 0 Å². The molecule has 20 heavy (non-hydrogen) atoms. The summed E-state index contributed by atoms with van der Waals surface area (Å²) < 4.78 is 0. The minimum atomic E-state index is -0.250. The van der Waals surface area contributed by atoms with Crippen LogP contribution in [-0.4, -0.2) is 16.7 Å². The van der Waals surface area contributed by atoms with Gasteiger partial charge >= 0.3 is 0 Å². The van der Waals surface area contributed by atoms with Gasteiger partial charge in [-0.25, -0.2) is 0 Å². The van der Waals surface area contributed by atoms with E-state index in [1.807, 2.05) is 0 Å². The number of aromatic amines is 1. The minimum absolute atomic E-state index is 0.0454. The third-order valence-electron chi connectivity index (χ3n) is 2.69. The van der Waals surface area contributed by atoms with Crippen molar-refractivity contribution < 1.29 is 9.59 Å². The first-order chi connectivity index (χ1) is 9.54. The fourth-order valence-corrected chi connectivity index (χ4v) is 1.63. The SMILES string of the molecule is CC(=O)c1cc(/C=C/C(=O)Nc2ccc(N)cc2)c[nH]1. The molecule has 0 aliphatic rings. The Bertz CT molecular complexity index is 654. The van der Waals surface area contributed by atoms with Gasteiger partial charge in [0.1, 0.15) is 0 Å². The van der Waals surface area contributed by atoms with Crippen molar-refractivity contribution >= 4 is 29.1 Å². The lowest BCUT2D eigenvalue weighted by Gasteiger charge is -2.01. The number of carbonyl (C=O) groups excluding carboxylic acids is 2. The zero-order valence-corrected chi connectivity index (χ0v) is 11.0. The highest BCUT2D eigenvalue weighted by Crippen LogP contribution is 2.11. The quantitative estimate of drug-likeness (QED) is 0.452. The molecule has 0 bridgehead atoms. The molecule has 2 aromatic rings. The molecule has 0 atom stereocenters. The van der Waals surface area contributed by atoms with Gasteiger partial charge in [-0.05, 0) is 42.0 Å². The lowest BCUT2D eigenvalue weighted by Crippen LogP contribution is -2.07. The minimum Gasteiger partial charge on any atom is -0.399 e. The molecule has 5 nitrogen and oxygen atoms in total. The Morgan fingerprint density at radius 3 is 2.55 bits per heavy atom. The first-order valence-corrected chi connectivity index (χ1v) is 6.08. The number of hydrogen-bond donors (Lipinski definition) is 3. The van der Waals surface area contributed by atoms with Gasteiger partial charge in [0, 0.05) is 30.6 Å². The summed E-state index contributed by atoms with van der Waals surface area (Å²) in [6.45, 7) is 1.48. The van der Waals surface area contributed by atoms with E-state index >= 15 is 0 Å². The van der Waals surface area contributed by atoms with Crippen LogP contribution in [0.5, 0.6) is 0 Å². The summed E-state index contributed by atoms with van der Waals surface area (Å²) in [6.07, 6.45) is 4.71. The highest BCUT2D eigenvalue weighted by atomic mass is 16.1. The van der Waals surface area contributed by atoms with Gasteiger partial charge in [-0.2, -0.15) is 0 Å². The van der Waals surface area contributed by atoms with Crippen LogP contribution in [0.25, 0.3) is 6.08 Å². The normalized spacial score (nSPS) is 10.7. The number of nitrogens with two attached hydrogens (primary N) is 1. The maximum atomic E-state index is 11.7. The number of amides is 1. The fraction of sp³-hybridized carbons (Fsp3) is 0.0667. The highest BCUT2D eigenvalue weighted by molar-refractivity contribution is 6.02. The number of nitrogen functional groups attached to an aromatic ring is 1. The molecule has 1 heterocycles. The molecule has 0 saturated heterocycles. The van der Waals surface area contributed by atoms with Crippen molar-refractivity contribution in [2.24, 2.45) is 0 Å². The zero-order valence-electron chi connectivity index (χ0n) is 11.0. The van der Waals surface area contributed by atoms with Gasteiger partial charge < -0.3 is 16.0 Å². The van der Waals surface area contributed by atoms with Crippen molar-refractivity contribution in [1.82, 2.24) is 4.98 Å². The smallest absolute Gasteiger partial charge is 0.248 e. The third-order valence-corrected chi connectivity index (χ3v) is 2.69. The summed E-state index contributed by atoms with van der Waals surface area (Å²) in [5, 5.41) is 2.71. The van der Waals surface area contributed by atoms with E-state index in [2.05, 4.69) is 10.3 Å². The van der Waals surface area contributed by atoms with E-state index in [0.717, 1.165) is 5.56 Å². The maximum absolute atomic E-state index is 11.7. The zero-order chi connectivity index (χ0) is 14.5. The fourth-order valence-electron chi connectivity index (χ4n) is 1.63. The Balaban J connectivity index is 1.98. The lowest BCUT2D eigenvalue weighted by molar-refractivity contribution is -0.111. The summed E-state index contributed by atoms with van der Waals surface area (Å²) in [4.78, 5) is 25.7. The van der Waals surface area contributed by atoms with Crippen LogP contribution in [0.1, 0.15) is 23.0 Å². The monoisotopic (exact) mass is 269 g/mol. The molecule has 2 rings (SSSR count). The molecule has 1 aromatic heterocycles. The van der Waals surface area contributed by atoms with Crippen LogP contribution in [-0.2, 0) is 4.79 Å². The van der Waals surface area contributed by atoms with E-state index in [4.69, 9.17) is 5.73 Å². The van der Waals surface area contributed by atoms with Crippen LogP contribution < -0.4 is 11.1 Å².